The lowest BCUT2D eigenvalue weighted by atomic mass is 9.67. The van der Waals surface area contributed by atoms with Gasteiger partial charge in [0.25, 0.3) is 0 Å². The molecule has 12 heteroatoms. The molecule has 0 bridgehead atoms. The smallest absolute Gasteiger partial charge is 0.217 e. The van der Waals surface area contributed by atoms with Gasteiger partial charge in [0.15, 0.2) is 17.5 Å². The van der Waals surface area contributed by atoms with Crippen molar-refractivity contribution in [1.82, 2.24) is 29.9 Å². The first-order valence-electron chi connectivity index (χ1n) is 53.2. The van der Waals surface area contributed by atoms with Gasteiger partial charge in [-0.25, -0.2) is 15.0 Å². The van der Waals surface area contributed by atoms with Crippen LogP contribution in [0.1, 0.15) is 185 Å². The van der Waals surface area contributed by atoms with Crippen molar-refractivity contribution < 1.29 is 29.5 Å². The molecule has 3 N–H and O–H groups in total. The van der Waals surface area contributed by atoms with Crippen LogP contribution in [0.15, 0.2) is 425 Å². The molecular weight excluding hydrogens is 1830 g/mol. The zero-order valence-electron chi connectivity index (χ0n) is 85.5. The number of aromatic hydroxyl groups is 3. The van der Waals surface area contributed by atoms with Gasteiger partial charge in [0, 0.05) is 34.9 Å². The maximum Gasteiger partial charge on any atom is 0.217 e. The van der Waals surface area contributed by atoms with Crippen molar-refractivity contribution in [2.45, 2.75) is 135 Å². The molecule has 0 saturated heterocycles. The van der Waals surface area contributed by atoms with Gasteiger partial charge in [0.05, 0.1) is 69.8 Å². The number of hydrogen-bond acceptors (Lipinski definition) is 12. The average molecular weight is 1950 g/mol. The number of phenolic OH excluding ortho intramolecular Hbond substituents is 3. The van der Waals surface area contributed by atoms with Gasteiger partial charge >= 0.3 is 0 Å². The Balaban J connectivity index is 0.000000131. The number of para-hydroxylation sites is 3. The highest BCUT2D eigenvalue weighted by Gasteiger charge is 2.51. The van der Waals surface area contributed by atoms with Crippen LogP contribution in [0.4, 0.5) is 0 Å². The third-order valence-electron chi connectivity index (χ3n) is 30.8. The number of benzene rings is 17. The second-order valence-electron chi connectivity index (χ2n) is 39.7. The lowest BCUT2D eigenvalue weighted by Crippen LogP contribution is -2.28. The topological polar surface area (TPSA) is 166 Å². The van der Waals surface area contributed by atoms with Gasteiger partial charge in [-0.15, -0.1) is 0 Å². The highest BCUT2D eigenvalue weighted by atomic mass is 16.5. The molecular formula is C137H124N6O6. The molecule has 3 aliphatic carbocycles. The van der Waals surface area contributed by atoms with E-state index in [2.05, 4.69) is 375 Å². The first-order valence-corrected chi connectivity index (χ1v) is 53.2. The maximum absolute atomic E-state index is 10.9. The van der Waals surface area contributed by atoms with E-state index in [-0.39, 0.29) is 17.2 Å². The Labute approximate surface area is 875 Å². The van der Waals surface area contributed by atoms with Crippen molar-refractivity contribution >= 4 is 21.5 Å². The second kappa shape index (κ2) is 44.3. The normalized spacial score (nSPS) is 13.5. The fourth-order valence-electron chi connectivity index (χ4n) is 23.0. The predicted octanol–water partition coefficient (Wildman–Crippen LogP) is 33.7. The molecule has 0 fully saturated rings. The molecule has 3 heterocycles. The minimum Gasteiger partial charge on any atom is -0.507 e. The summed E-state index contributed by atoms with van der Waals surface area (Å²) in [5.74, 6) is 4.64. The van der Waals surface area contributed by atoms with E-state index in [4.69, 9.17) is 44.1 Å². The molecule has 0 spiro atoms. The maximum atomic E-state index is 10.9. The van der Waals surface area contributed by atoms with E-state index in [1.165, 1.54) is 148 Å². The molecule has 0 radical (unpaired) electrons. The zero-order chi connectivity index (χ0) is 102. The fraction of sp³-hybridized carbons (Fsp3) is 0.197. The van der Waals surface area contributed by atoms with Gasteiger partial charge in [-0.2, -0.15) is 15.0 Å². The number of fused-ring (bicyclic) bond motifs is 12. The Morgan fingerprint density at radius 1 is 0.228 bits per heavy atom. The van der Waals surface area contributed by atoms with Gasteiger partial charge in [0.2, 0.25) is 17.6 Å². The largest absolute Gasteiger partial charge is 0.507 e. The Kier molecular flexibility index (Phi) is 29.2. The van der Waals surface area contributed by atoms with Gasteiger partial charge < -0.3 is 29.5 Å². The summed E-state index contributed by atoms with van der Waals surface area (Å²) in [6.07, 6.45) is 13.6. The van der Waals surface area contributed by atoms with E-state index in [1.54, 1.807) is 18.2 Å². The number of nitrogens with zero attached hydrogens (tertiary/aromatic N) is 6. The van der Waals surface area contributed by atoms with E-state index in [1.807, 2.05) is 72.8 Å². The lowest BCUT2D eigenvalue weighted by Gasteiger charge is -2.34. The molecule has 3 aromatic heterocycles. The van der Waals surface area contributed by atoms with Crippen LogP contribution in [0.2, 0.25) is 0 Å². The quantitative estimate of drug-likeness (QED) is 0.0357. The summed E-state index contributed by atoms with van der Waals surface area (Å²) in [5.41, 5.74) is 27.3. The Morgan fingerprint density at radius 2 is 0.544 bits per heavy atom. The fourth-order valence-corrected chi connectivity index (χ4v) is 23.0. The van der Waals surface area contributed by atoms with Crippen LogP contribution in [-0.4, -0.2) is 65.0 Å². The first-order chi connectivity index (χ1) is 73.3. The Hall–Kier alpha value is -16.7. The number of aromatic nitrogens is 6. The Bertz CT molecular complexity index is 8010. The standard InChI is InChI=1S/2C47H42N2O2.C43H40N2O2/c1-3-5-16-32(4-2)31-51-45-30-43(48-46(49-45)38-23-14-15-24-44(38)50)35-25-26-41-39(28-35)40-27-33-17-12-13-18-34(33)29-42(40)47(41,36-19-8-6-9-20-36)37-21-10-7-11-22-37;1-3-5-16-32(4-2)31-51-44-30-42(48-46(49-44)39-23-14-15-24-43(39)50)34-25-27-38-41(29-34)47(35-18-8-6-9-19-35,36-20-10-7-11-21-36)40-28-26-33-17-12-13-22-37(33)45(38)40;1-3-5-17-30(4-2)29-47-40-28-38(44-42(45-40)35-23-13-15-27-39(35)46)34-24-16-26-37-41(34)33-22-12-14-25-36(33)43(37,31-18-8-6-9-19-31)32-20-10-7-11-21-32/h2*6-15,17-30,32,50H,3-5,16,31H2,1-2H3;6-16,18-28,30,46H,3-5,17,29H2,1-2H3. The van der Waals surface area contributed by atoms with E-state index >= 15 is 0 Å². The molecule has 0 saturated carbocycles. The van der Waals surface area contributed by atoms with E-state index in [0.29, 0.717) is 89.4 Å². The highest BCUT2D eigenvalue weighted by molar-refractivity contribution is 6.05. The van der Waals surface area contributed by atoms with Crippen molar-refractivity contribution in [3.63, 3.8) is 0 Å². The molecule has 12 nitrogen and oxygen atoms in total. The second-order valence-corrected chi connectivity index (χ2v) is 39.7. The van der Waals surface area contributed by atoms with Crippen LogP contribution >= 0.6 is 0 Å². The predicted molar refractivity (Wildman–Crippen MR) is 607 cm³/mol. The van der Waals surface area contributed by atoms with Gasteiger partial charge in [0.1, 0.15) is 17.2 Å². The summed E-state index contributed by atoms with van der Waals surface area (Å²) >= 11 is 0. The van der Waals surface area contributed by atoms with Crippen LogP contribution in [-0.2, 0) is 16.2 Å². The van der Waals surface area contributed by atoms with E-state index in [0.717, 1.165) is 84.3 Å². The van der Waals surface area contributed by atoms with Gasteiger partial charge in [-0.05, 0) is 219 Å². The summed E-state index contributed by atoms with van der Waals surface area (Å²) in [6, 6.07) is 148. The third-order valence-corrected chi connectivity index (χ3v) is 30.8. The average Bonchev–Trinajstić information content (AvgIpc) is 1.55. The minimum absolute atomic E-state index is 0.137. The van der Waals surface area contributed by atoms with E-state index < -0.39 is 16.2 Å². The summed E-state index contributed by atoms with van der Waals surface area (Å²) in [5, 5.41) is 37.5. The Morgan fingerprint density at radius 3 is 0.987 bits per heavy atom. The number of unbranched alkanes of at least 4 members (excludes halogenated alkanes) is 3. The van der Waals surface area contributed by atoms with Crippen LogP contribution in [0.3, 0.4) is 0 Å². The summed E-state index contributed by atoms with van der Waals surface area (Å²) in [6.45, 7) is 15.1. The minimum atomic E-state index is -0.562. The molecule has 17 aromatic carbocycles. The van der Waals surface area contributed by atoms with Crippen LogP contribution in [0, 0.1) is 17.8 Å². The molecule has 20 aromatic rings. The van der Waals surface area contributed by atoms with Crippen LogP contribution in [0.5, 0.6) is 34.9 Å². The SMILES string of the molecule is CCCCC(CC)COc1cc(-c2ccc3c(c2)-c2cc4ccccc4cc2C3(c2ccccc2)c2ccccc2)nc(-c2ccccc2O)n1.CCCCC(CC)COc1cc(-c2ccc3c(c2)C(c2ccccc2)(c2ccccc2)c2ccc4ccccc4c2-3)nc(-c2ccccc2O)n1.CCCCC(CC)COc1cc(-c2cccc3c2-c2ccccc2C3(c2ccccc2)c2ccccc2)nc(-c2ccccc2O)n1. The zero-order valence-corrected chi connectivity index (χ0v) is 85.5. The molecule has 0 amide bonds. The molecule has 0 aliphatic heterocycles. The van der Waals surface area contributed by atoms with Crippen LogP contribution in [0.25, 0.3) is 123 Å². The number of phenols is 3. The van der Waals surface area contributed by atoms with E-state index in [9.17, 15) is 15.3 Å². The number of hydrogen-bond donors (Lipinski definition) is 3. The summed E-state index contributed by atoms with van der Waals surface area (Å²) in [4.78, 5) is 29.8. The molecule has 3 unspecified atom stereocenters. The molecule has 3 aliphatic rings. The monoisotopic (exact) mass is 1950 g/mol. The molecule has 23 rings (SSSR count). The van der Waals surface area contributed by atoms with Crippen molar-refractivity contribution in [2.24, 2.45) is 17.8 Å². The highest BCUT2D eigenvalue weighted by Crippen LogP contribution is 2.63. The van der Waals surface area contributed by atoms with Crippen molar-refractivity contribution in [2.75, 3.05) is 19.8 Å². The number of rotatable bonds is 33. The molecule has 738 valence electrons. The van der Waals surface area contributed by atoms with Crippen molar-refractivity contribution in [3.8, 4) is 136 Å². The van der Waals surface area contributed by atoms with Crippen molar-refractivity contribution in [1.29, 1.82) is 0 Å². The molecule has 3 atom stereocenters. The summed E-state index contributed by atoms with van der Waals surface area (Å²) < 4.78 is 19.3. The first kappa shape index (κ1) is 98.3. The summed E-state index contributed by atoms with van der Waals surface area (Å²) in [7, 11) is 0. The molecule has 149 heavy (non-hydrogen) atoms. The van der Waals surface area contributed by atoms with Crippen molar-refractivity contribution in [3.05, 3.63) is 491 Å². The third kappa shape index (κ3) is 19.1. The lowest BCUT2D eigenvalue weighted by molar-refractivity contribution is 0.226. The van der Waals surface area contributed by atoms with Gasteiger partial charge in [-0.3, -0.25) is 0 Å². The van der Waals surface area contributed by atoms with Crippen LogP contribution < -0.4 is 14.2 Å². The number of ether oxygens (including phenoxy) is 3. The van der Waals surface area contributed by atoms with Gasteiger partial charge in [-0.1, -0.05) is 445 Å².